The van der Waals surface area contributed by atoms with Gasteiger partial charge in [0.1, 0.15) is 24.4 Å². The molecule has 0 aromatic heterocycles. The van der Waals surface area contributed by atoms with Crippen LogP contribution in [0.4, 0.5) is 0 Å². The van der Waals surface area contributed by atoms with Gasteiger partial charge in [-0.25, -0.2) is 0 Å². The molecule has 1 N–H and O–H groups in total. The Morgan fingerprint density at radius 3 is 1.24 bits per heavy atom. The first-order chi connectivity index (χ1) is 22.6. The van der Waals surface area contributed by atoms with Crippen molar-refractivity contribution in [2.24, 2.45) is 0 Å². The lowest BCUT2D eigenvalue weighted by molar-refractivity contribution is -0.256. The van der Waals surface area contributed by atoms with Crippen LogP contribution in [-0.2, 0) is 54.8 Å². The summed E-state index contributed by atoms with van der Waals surface area (Å²) < 4.78 is 37.7. The number of hydrogen-bond donors (Lipinski definition) is 1. The lowest BCUT2D eigenvalue weighted by Gasteiger charge is -2.40. The highest BCUT2D eigenvalue weighted by molar-refractivity contribution is 5.16. The van der Waals surface area contributed by atoms with E-state index in [1.54, 1.807) is 20.3 Å². The van der Waals surface area contributed by atoms with Gasteiger partial charge < -0.3 is 33.5 Å². The maximum Gasteiger partial charge on any atom is 0.185 e. The molecule has 0 saturated carbocycles. The van der Waals surface area contributed by atoms with Crippen LogP contribution in [0, 0.1) is 0 Å². The van der Waals surface area contributed by atoms with Gasteiger partial charge in [-0.3, -0.25) is 0 Å². The summed E-state index contributed by atoms with van der Waals surface area (Å²) in [6.45, 7) is 4.98. The zero-order valence-corrected chi connectivity index (χ0v) is 26.7. The monoisotopic (exact) mass is 626 g/mol. The van der Waals surface area contributed by atoms with Gasteiger partial charge in [-0.05, 0) is 28.7 Å². The van der Waals surface area contributed by atoms with Crippen LogP contribution < -0.4 is 0 Å². The quantitative estimate of drug-likeness (QED) is 0.0798. The summed E-state index contributed by atoms with van der Waals surface area (Å²) in [7, 11) is 3.11. The number of aliphatic hydroxyl groups is 1. The van der Waals surface area contributed by atoms with Crippen molar-refractivity contribution in [1.82, 2.24) is 0 Å². The van der Waals surface area contributed by atoms with Gasteiger partial charge in [-0.1, -0.05) is 127 Å². The number of ether oxygens (including phenoxy) is 6. The van der Waals surface area contributed by atoms with Crippen molar-refractivity contribution in [1.29, 1.82) is 0 Å². The van der Waals surface area contributed by atoms with Gasteiger partial charge in [0, 0.05) is 14.2 Å². The molecule has 0 bridgehead atoms. The normalized spacial score (nSPS) is 14.8. The van der Waals surface area contributed by atoms with E-state index in [0.29, 0.717) is 13.0 Å². The Hall–Kier alpha value is -3.66. The molecule has 46 heavy (non-hydrogen) atoms. The minimum Gasteiger partial charge on any atom is -0.388 e. The fourth-order valence-corrected chi connectivity index (χ4v) is 5.22. The highest BCUT2D eigenvalue weighted by atomic mass is 16.7. The molecule has 5 atom stereocenters. The maximum atomic E-state index is 12.2. The van der Waals surface area contributed by atoms with Crippen LogP contribution in [0.25, 0.3) is 0 Å². The summed E-state index contributed by atoms with van der Waals surface area (Å²) in [5, 5.41) is 12.2. The lowest BCUT2D eigenvalue weighted by atomic mass is 9.95. The Morgan fingerprint density at radius 1 is 0.522 bits per heavy atom. The Bertz CT molecular complexity index is 1350. The average Bonchev–Trinajstić information content (AvgIpc) is 3.11. The summed E-state index contributed by atoms with van der Waals surface area (Å²) in [6, 6.07) is 39.4. The molecule has 7 heteroatoms. The third kappa shape index (κ3) is 11.0. The Balaban J connectivity index is 1.70. The summed E-state index contributed by atoms with van der Waals surface area (Å²) in [6.07, 6.45) is -3.06. The molecule has 4 rings (SSSR count). The molecular formula is C39H46O7. The first kappa shape index (κ1) is 35.2. The average molecular weight is 627 g/mol. The standard InChI is InChI=1S/C39H46O7/c1-4-17-34(43-26-30-18-9-5-10-19-30)35(40)36(44-27-31-20-11-6-12-21-31)37(45-28-32-22-13-7-14-23-32)38(39(41-2)42-3)46-29-33-24-15-8-16-25-33/h4-16,18-25,34-40H,1,17,26-29H2,2-3H3/t34-,35+,36+,37-,38+/m0/s1. The van der Waals surface area contributed by atoms with E-state index in [2.05, 4.69) is 6.58 Å². The lowest BCUT2D eigenvalue weighted by Crippen LogP contribution is -2.56. The van der Waals surface area contributed by atoms with E-state index in [4.69, 9.17) is 28.4 Å². The number of benzene rings is 4. The van der Waals surface area contributed by atoms with Gasteiger partial charge >= 0.3 is 0 Å². The molecule has 4 aromatic rings. The highest BCUT2D eigenvalue weighted by Crippen LogP contribution is 2.27. The minimum atomic E-state index is -1.14. The summed E-state index contributed by atoms with van der Waals surface area (Å²) in [5.41, 5.74) is 3.87. The molecule has 0 aliphatic carbocycles. The van der Waals surface area contributed by atoms with Crippen molar-refractivity contribution in [2.75, 3.05) is 14.2 Å². The zero-order chi connectivity index (χ0) is 32.4. The van der Waals surface area contributed by atoms with Crippen molar-refractivity contribution >= 4 is 0 Å². The van der Waals surface area contributed by atoms with Gasteiger partial charge in [0.05, 0.1) is 32.5 Å². The van der Waals surface area contributed by atoms with Crippen LogP contribution >= 0.6 is 0 Å². The fraction of sp³-hybridized carbons (Fsp3) is 0.333. The third-order valence-corrected chi connectivity index (χ3v) is 7.66. The van der Waals surface area contributed by atoms with Gasteiger partial charge in [0.2, 0.25) is 0 Å². The predicted octanol–water partition coefficient (Wildman–Crippen LogP) is 6.88. The van der Waals surface area contributed by atoms with E-state index >= 15 is 0 Å². The first-order valence-electron chi connectivity index (χ1n) is 15.6. The Morgan fingerprint density at radius 2 is 0.870 bits per heavy atom. The van der Waals surface area contributed by atoms with Crippen LogP contribution in [-0.4, -0.2) is 56.1 Å². The van der Waals surface area contributed by atoms with E-state index < -0.39 is 36.8 Å². The highest BCUT2D eigenvalue weighted by Gasteiger charge is 2.44. The Kier molecular flexibility index (Phi) is 15.1. The SMILES string of the molecule is C=CC[C@H](OCc1ccccc1)[C@@H](O)[C@@H](OCc1ccccc1)[C@H](OCc1ccccc1)[C@@H](OCc1ccccc1)C(OC)OC. The topological polar surface area (TPSA) is 75.6 Å². The molecule has 244 valence electrons. The minimum absolute atomic E-state index is 0.225. The van der Waals surface area contributed by atoms with Crippen molar-refractivity contribution in [3.05, 3.63) is 156 Å². The molecule has 0 saturated heterocycles. The molecule has 0 unspecified atom stereocenters. The Labute approximate surface area is 273 Å². The van der Waals surface area contributed by atoms with Crippen molar-refractivity contribution in [3.63, 3.8) is 0 Å². The smallest absolute Gasteiger partial charge is 0.185 e. The van der Waals surface area contributed by atoms with Gasteiger partial charge in [-0.2, -0.15) is 0 Å². The molecule has 0 radical (unpaired) electrons. The largest absolute Gasteiger partial charge is 0.388 e. The predicted molar refractivity (Wildman–Crippen MR) is 179 cm³/mol. The van der Waals surface area contributed by atoms with E-state index in [0.717, 1.165) is 22.3 Å². The second-order valence-corrected chi connectivity index (χ2v) is 11.0. The molecular weight excluding hydrogens is 580 g/mol. The molecule has 0 aliphatic rings. The molecule has 0 spiro atoms. The van der Waals surface area contributed by atoms with Crippen LogP contribution in [0.2, 0.25) is 0 Å². The van der Waals surface area contributed by atoms with Gasteiger partial charge in [0.25, 0.3) is 0 Å². The number of hydrogen-bond acceptors (Lipinski definition) is 7. The number of rotatable bonds is 21. The molecule has 0 aliphatic heterocycles. The number of methoxy groups -OCH3 is 2. The molecule has 0 fully saturated rings. The van der Waals surface area contributed by atoms with E-state index in [1.807, 2.05) is 121 Å². The van der Waals surface area contributed by atoms with Crippen LogP contribution in [0.3, 0.4) is 0 Å². The van der Waals surface area contributed by atoms with Crippen LogP contribution in [0.1, 0.15) is 28.7 Å². The molecule has 0 amide bonds. The summed E-state index contributed by atoms with van der Waals surface area (Å²) in [4.78, 5) is 0. The summed E-state index contributed by atoms with van der Waals surface area (Å²) >= 11 is 0. The van der Waals surface area contributed by atoms with E-state index in [1.165, 1.54) is 0 Å². The molecule has 4 aromatic carbocycles. The van der Waals surface area contributed by atoms with Gasteiger partial charge in [-0.15, -0.1) is 6.58 Å². The third-order valence-electron chi connectivity index (χ3n) is 7.66. The zero-order valence-electron chi connectivity index (χ0n) is 26.7. The summed E-state index contributed by atoms with van der Waals surface area (Å²) in [5.74, 6) is 0. The molecule has 0 heterocycles. The van der Waals surface area contributed by atoms with Crippen LogP contribution in [0.5, 0.6) is 0 Å². The van der Waals surface area contributed by atoms with Gasteiger partial charge in [0.15, 0.2) is 6.29 Å². The van der Waals surface area contributed by atoms with E-state index in [9.17, 15) is 5.11 Å². The molecule has 7 nitrogen and oxygen atoms in total. The first-order valence-corrected chi connectivity index (χ1v) is 15.6. The maximum absolute atomic E-state index is 12.2. The van der Waals surface area contributed by atoms with Crippen molar-refractivity contribution in [2.45, 2.75) is 69.7 Å². The fourth-order valence-electron chi connectivity index (χ4n) is 5.22. The van der Waals surface area contributed by atoms with E-state index in [-0.39, 0.29) is 19.8 Å². The second kappa shape index (κ2) is 19.8. The number of aliphatic hydroxyl groups excluding tert-OH is 1. The van der Waals surface area contributed by atoms with Crippen LogP contribution in [0.15, 0.2) is 134 Å². The van der Waals surface area contributed by atoms with Crippen molar-refractivity contribution < 1.29 is 33.5 Å². The second-order valence-electron chi connectivity index (χ2n) is 11.0. The van der Waals surface area contributed by atoms with Crippen molar-refractivity contribution in [3.8, 4) is 0 Å².